The first-order chi connectivity index (χ1) is 8.66. The van der Waals surface area contributed by atoms with Crippen molar-refractivity contribution in [3.8, 4) is 0 Å². The van der Waals surface area contributed by atoms with E-state index in [1.165, 1.54) is 18.6 Å². The van der Waals surface area contributed by atoms with Crippen LogP contribution in [-0.2, 0) is 11.2 Å². The Bertz CT molecular complexity index is 422. The molecule has 3 N–H and O–H groups in total. The highest BCUT2D eigenvalue weighted by molar-refractivity contribution is 8.00. The first kappa shape index (κ1) is 13.3. The van der Waals surface area contributed by atoms with Gasteiger partial charge in [-0.15, -0.1) is 0 Å². The third-order valence-corrected chi connectivity index (χ3v) is 4.71. The number of thioether (sulfide) groups is 1. The molecule has 0 aromatic heterocycles. The van der Waals surface area contributed by atoms with Crippen molar-refractivity contribution in [3.05, 3.63) is 29.8 Å². The van der Waals surface area contributed by atoms with Crippen molar-refractivity contribution < 1.29 is 4.79 Å². The lowest BCUT2D eigenvalue weighted by molar-refractivity contribution is -0.117. The van der Waals surface area contributed by atoms with Crippen LogP contribution in [0.3, 0.4) is 0 Å². The summed E-state index contributed by atoms with van der Waals surface area (Å²) in [5.41, 5.74) is 7.33. The molecule has 1 aromatic carbocycles. The van der Waals surface area contributed by atoms with Gasteiger partial charge in [-0.05, 0) is 30.2 Å². The van der Waals surface area contributed by atoms with Gasteiger partial charge < -0.3 is 11.1 Å². The highest BCUT2D eigenvalue weighted by atomic mass is 32.2. The Balaban J connectivity index is 2.10. The minimum absolute atomic E-state index is 0.282. The molecule has 0 saturated carbocycles. The van der Waals surface area contributed by atoms with E-state index < -0.39 is 0 Å². The molecule has 2 rings (SSSR count). The number of nitrogens with one attached hydrogen (secondary N) is 1. The lowest BCUT2D eigenvalue weighted by Crippen LogP contribution is -2.33. The molecule has 0 radical (unpaired) electrons. The summed E-state index contributed by atoms with van der Waals surface area (Å²) in [6.07, 6.45) is 2.75. The molecular formula is C14H20N2OS. The zero-order valence-corrected chi connectivity index (χ0v) is 11.5. The highest BCUT2D eigenvalue weighted by Crippen LogP contribution is 2.28. The molecule has 18 heavy (non-hydrogen) atoms. The quantitative estimate of drug-likeness (QED) is 0.878. The molecule has 4 heteroatoms. The fourth-order valence-corrected chi connectivity index (χ4v) is 3.46. The Morgan fingerprint density at radius 2 is 2.28 bits per heavy atom. The minimum Gasteiger partial charge on any atom is -0.381 e. The van der Waals surface area contributed by atoms with Gasteiger partial charge in [0.25, 0.3) is 0 Å². The van der Waals surface area contributed by atoms with Gasteiger partial charge in [0.05, 0.1) is 6.42 Å². The number of hydrogen-bond acceptors (Lipinski definition) is 3. The molecule has 1 aliphatic heterocycles. The highest BCUT2D eigenvalue weighted by Gasteiger charge is 2.22. The lowest BCUT2D eigenvalue weighted by atomic mass is 10.0. The first-order valence-corrected chi connectivity index (χ1v) is 7.46. The van der Waals surface area contributed by atoms with Crippen LogP contribution in [0.5, 0.6) is 0 Å². The second-order valence-electron chi connectivity index (χ2n) is 4.77. The molecule has 2 atom stereocenters. The predicted octanol–water partition coefficient (Wildman–Crippen LogP) is 2.41. The number of nitrogens with two attached hydrogens (primary N) is 1. The van der Waals surface area contributed by atoms with Crippen molar-refractivity contribution in [1.29, 1.82) is 0 Å². The molecular weight excluding hydrogens is 244 g/mol. The number of benzene rings is 1. The van der Waals surface area contributed by atoms with Gasteiger partial charge in [-0.1, -0.05) is 25.1 Å². The van der Waals surface area contributed by atoms with E-state index in [9.17, 15) is 4.79 Å². The van der Waals surface area contributed by atoms with E-state index >= 15 is 0 Å². The number of para-hydroxylation sites is 1. The number of carbonyl (C=O) groups is 1. The summed E-state index contributed by atoms with van der Waals surface area (Å²) in [5.74, 6) is 0.970. The van der Waals surface area contributed by atoms with E-state index in [-0.39, 0.29) is 5.91 Å². The molecule has 1 saturated heterocycles. The van der Waals surface area contributed by atoms with Crippen LogP contribution >= 0.6 is 11.8 Å². The molecule has 1 amide bonds. The van der Waals surface area contributed by atoms with Gasteiger partial charge in [-0.2, -0.15) is 11.8 Å². The predicted molar refractivity (Wildman–Crippen MR) is 77.9 cm³/mol. The molecule has 3 nitrogen and oxygen atoms in total. The van der Waals surface area contributed by atoms with Gasteiger partial charge in [0, 0.05) is 17.0 Å². The molecule has 1 aliphatic rings. The number of anilines is 1. The standard InChI is InChI=1S/C14H20N2OS/c1-10-12(7-4-8-18-10)16-13-6-3-2-5-11(13)9-14(15)17/h2-3,5-6,10,12,16H,4,7-9H2,1H3,(H2,15,17). The molecule has 98 valence electrons. The average molecular weight is 264 g/mol. The Kier molecular flexibility index (Phi) is 4.53. The van der Waals surface area contributed by atoms with Gasteiger partial charge in [-0.3, -0.25) is 4.79 Å². The summed E-state index contributed by atoms with van der Waals surface area (Å²) in [6.45, 7) is 2.26. The van der Waals surface area contributed by atoms with Crippen molar-refractivity contribution in [2.75, 3.05) is 11.1 Å². The smallest absolute Gasteiger partial charge is 0.221 e. The molecule has 0 bridgehead atoms. The minimum atomic E-state index is -0.282. The van der Waals surface area contributed by atoms with E-state index in [4.69, 9.17) is 5.73 Å². The SMILES string of the molecule is CC1SCCCC1Nc1ccccc1CC(N)=O. The summed E-state index contributed by atoms with van der Waals surface area (Å²) < 4.78 is 0. The van der Waals surface area contributed by atoms with E-state index in [0.29, 0.717) is 17.7 Å². The normalized spacial score (nSPS) is 23.6. The van der Waals surface area contributed by atoms with Crippen molar-refractivity contribution in [2.45, 2.75) is 37.5 Å². The second-order valence-corrected chi connectivity index (χ2v) is 6.25. The molecule has 0 aliphatic carbocycles. The summed E-state index contributed by atoms with van der Waals surface area (Å²) in [7, 11) is 0. The van der Waals surface area contributed by atoms with Crippen molar-refractivity contribution in [1.82, 2.24) is 0 Å². The van der Waals surface area contributed by atoms with Gasteiger partial charge in [0.2, 0.25) is 5.91 Å². The Morgan fingerprint density at radius 1 is 1.50 bits per heavy atom. The van der Waals surface area contributed by atoms with Gasteiger partial charge in [0.1, 0.15) is 0 Å². The Morgan fingerprint density at radius 3 is 3.00 bits per heavy atom. The fourth-order valence-electron chi connectivity index (χ4n) is 2.32. The maximum absolute atomic E-state index is 11.1. The van der Waals surface area contributed by atoms with Gasteiger partial charge in [0.15, 0.2) is 0 Å². The van der Waals surface area contributed by atoms with Crippen molar-refractivity contribution in [3.63, 3.8) is 0 Å². The average Bonchev–Trinajstić information content (AvgIpc) is 2.34. The van der Waals surface area contributed by atoms with Gasteiger partial charge in [-0.25, -0.2) is 0 Å². The van der Waals surface area contributed by atoms with Crippen molar-refractivity contribution >= 4 is 23.4 Å². The largest absolute Gasteiger partial charge is 0.381 e. The third kappa shape index (κ3) is 3.42. The van der Waals surface area contributed by atoms with E-state index in [1.54, 1.807) is 0 Å². The Hall–Kier alpha value is -1.16. The first-order valence-electron chi connectivity index (χ1n) is 6.41. The van der Waals surface area contributed by atoms with E-state index in [2.05, 4.69) is 12.2 Å². The number of rotatable bonds is 4. The summed E-state index contributed by atoms with van der Waals surface area (Å²) in [5, 5.41) is 4.19. The van der Waals surface area contributed by atoms with Crippen LogP contribution in [0.4, 0.5) is 5.69 Å². The van der Waals surface area contributed by atoms with Gasteiger partial charge >= 0.3 is 0 Å². The molecule has 2 unspecified atom stereocenters. The molecule has 0 spiro atoms. The number of hydrogen-bond donors (Lipinski definition) is 2. The lowest BCUT2D eigenvalue weighted by Gasteiger charge is -2.30. The summed E-state index contributed by atoms with van der Waals surface area (Å²) in [4.78, 5) is 11.1. The molecule has 1 fully saturated rings. The van der Waals surface area contributed by atoms with Crippen LogP contribution in [0.2, 0.25) is 0 Å². The van der Waals surface area contributed by atoms with Crippen LogP contribution in [0.1, 0.15) is 25.3 Å². The molecule has 1 aromatic rings. The zero-order chi connectivity index (χ0) is 13.0. The molecule has 1 heterocycles. The van der Waals surface area contributed by atoms with Crippen LogP contribution < -0.4 is 11.1 Å². The topological polar surface area (TPSA) is 55.1 Å². The number of primary amides is 1. The van der Waals surface area contributed by atoms with Crippen LogP contribution in [0, 0.1) is 0 Å². The monoisotopic (exact) mass is 264 g/mol. The fraction of sp³-hybridized carbons (Fsp3) is 0.500. The second kappa shape index (κ2) is 6.14. The zero-order valence-electron chi connectivity index (χ0n) is 10.7. The summed E-state index contributed by atoms with van der Waals surface area (Å²) >= 11 is 2.01. The van der Waals surface area contributed by atoms with Crippen LogP contribution in [0.25, 0.3) is 0 Å². The van der Waals surface area contributed by atoms with Crippen LogP contribution in [0.15, 0.2) is 24.3 Å². The van der Waals surface area contributed by atoms with E-state index in [0.717, 1.165) is 11.3 Å². The third-order valence-electron chi connectivity index (χ3n) is 3.33. The van der Waals surface area contributed by atoms with Crippen molar-refractivity contribution in [2.24, 2.45) is 5.73 Å². The maximum Gasteiger partial charge on any atom is 0.221 e. The number of carbonyl (C=O) groups excluding carboxylic acids is 1. The van der Waals surface area contributed by atoms with Crippen LogP contribution in [-0.4, -0.2) is 23.0 Å². The maximum atomic E-state index is 11.1. The number of amides is 1. The summed E-state index contributed by atoms with van der Waals surface area (Å²) in [6, 6.07) is 8.42. The Labute approximate surface area is 113 Å². The van der Waals surface area contributed by atoms with E-state index in [1.807, 2.05) is 36.0 Å².